The molecular weight excluding hydrogens is 202 g/mol. The van der Waals surface area contributed by atoms with Crippen molar-refractivity contribution < 1.29 is 9.53 Å². The fourth-order valence-corrected chi connectivity index (χ4v) is 1.82. The van der Waals surface area contributed by atoms with E-state index in [1.165, 1.54) is 0 Å². The Balaban J connectivity index is 2.38. The Bertz CT molecular complexity index is 438. The summed E-state index contributed by atoms with van der Waals surface area (Å²) in [5.41, 5.74) is 2.11. The van der Waals surface area contributed by atoms with Gasteiger partial charge in [0.25, 0.3) is 0 Å². The molecule has 0 saturated carbocycles. The van der Waals surface area contributed by atoms with Crippen molar-refractivity contribution in [3.05, 3.63) is 35.5 Å². The topological polar surface area (TPSA) is 29.5 Å². The second-order valence-corrected chi connectivity index (χ2v) is 3.74. The first-order valence-corrected chi connectivity index (χ1v) is 5.39. The van der Waals surface area contributed by atoms with E-state index >= 15 is 0 Å². The molecule has 0 spiro atoms. The average Bonchev–Trinajstić information content (AvgIpc) is 2.46. The van der Waals surface area contributed by atoms with Gasteiger partial charge in [0.05, 0.1) is 13.5 Å². The molecule has 0 aromatic heterocycles. The molecule has 2 rings (SSSR count). The molecule has 0 saturated heterocycles. The molecule has 1 aliphatic rings. The minimum Gasteiger partial charge on any atom is -0.497 e. The van der Waals surface area contributed by atoms with E-state index in [2.05, 4.69) is 0 Å². The second kappa shape index (κ2) is 4.39. The van der Waals surface area contributed by atoms with Gasteiger partial charge in [0.2, 0.25) is 5.91 Å². The van der Waals surface area contributed by atoms with Gasteiger partial charge in [0.1, 0.15) is 5.75 Å². The highest BCUT2D eigenvalue weighted by atomic mass is 16.5. The number of nitrogens with zero attached hydrogens (tertiary/aromatic N) is 1. The maximum atomic E-state index is 11.8. The van der Waals surface area contributed by atoms with Crippen LogP contribution in [0.2, 0.25) is 0 Å². The molecule has 1 aromatic carbocycles. The molecule has 16 heavy (non-hydrogen) atoms. The lowest BCUT2D eigenvalue weighted by atomic mass is 10.0. The van der Waals surface area contributed by atoms with Gasteiger partial charge in [-0.3, -0.25) is 4.79 Å². The summed E-state index contributed by atoms with van der Waals surface area (Å²) in [5, 5.41) is 0. The lowest BCUT2D eigenvalue weighted by Crippen LogP contribution is -2.25. The fourth-order valence-electron chi connectivity index (χ4n) is 1.82. The van der Waals surface area contributed by atoms with Crippen LogP contribution in [0.4, 0.5) is 0 Å². The quantitative estimate of drug-likeness (QED) is 0.759. The van der Waals surface area contributed by atoms with Gasteiger partial charge in [0.15, 0.2) is 0 Å². The summed E-state index contributed by atoms with van der Waals surface area (Å²) in [5.74, 6) is 0.927. The molecule has 1 amide bonds. The molecule has 84 valence electrons. The van der Waals surface area contributed by atoms with Gasteiger partial charge in [0, 0.05) is 12.7 Å². The number of fused-ring (bicyclic) bond motifs is 1. The van der Waals surface area contributed by atoms with Crippen molar-refractivity contribution in [1.29, 1.82) is 0 Å². The smallest absolute Gasteiger partial charge is 0.230 e. The van der Waals surface area contributed by atoms with Gasteiger partial charge >= 0.3 is 0 Å². The van der Waals surface area contributed by atoms with E-state index in [-0.39, 0.29) is 5.91 Å². The highest BCUT2D eigenvalue weighted by Crippen LogP contribution is 2.22. The van der Waals surface area contributed by atoms with Crippen LogP contribution in [-0.4, -0.2) is 24.5 Å². The SMILES string of the molecule is CCN1C=Cc2ccc(OC)cc2CC1=O. The number of hydrogen-bond donors (Lipinski definition) is 0. The monoisotopic (exact) mass is 217 g/mol. The van der Waals surface area contributed by atoms with E-state index in [1.54, 1.807) is 12.0 Å². The third kappa shape index (κ3) is 1.94. The number of rotatable bonds is 2. The molecule has 0 N–H and O–H groups in total. The third-order valence-corrected chi connectivity index (χ3v) is 2.79. The maximum absolute atomic E-state index is 11.8. The molecule has 0 unspecified atom stereocenters. The van der Waals surface area contributed by atoms with Crippen LogP contribution < -0.4 is 4.74 Å². The van der Waals surface area contributed by atoms with Gasteiger partial charge in [-0.05, 0) is 36.3 Å². The van der Waals surface area contributed by atoms with Crippen molar-refractivity contribution >= 4 is 12.0 Å². The molecule has 3 nitrogen and oxygen atoms in total. The van der Waals surface area contributed by atoms with Crippen molar-refractivity contribution in [3.8, 4) is 5.75 Å². The largest absolute Gasteiger partial charge is 0.497 e. The first kappa shape index (κ1) is 10.7. The Hall–Kier alpha value is -1.77. The van der Waals surface area contributed by atoms with Crippen molar-refractivity contribution in [2.24, 2.45) is 0 Å². The number of likely N-dealkylation sites (N-methyl/N-ethyl adjacent to an activating group) is 1. The zero-order chi connectivity index (χ0) is 11.5. The predicted molar refractivity (Wildman–Crippen MR) is 63.1 cm³/mol. The Kier molecular flexibility index (Phi) is 2.95. The molecule has 0 aliphatic carbocycles. The molecule has 1 aliphatic heterocycles. The van der Waals surface area contributed by atoms with Gasteiger partial charge in [-0.15, -0.1) is 0 Å². The van der Waals surface area contributed by atoms with Crippen molar-refractivity contribution in [1.82, 2.24) is 4.90 Å². The van der Waals surface area contributed by atoms with E-state index in [9.17, 15) is 4.79 Å². The van der Waals surface area contributed by atoms with E-state index < -0.39 is 0 Å². The summed E-state index contributed by atoms with van der Waals surface area (Å²) in [6.07, 6.45) is 4.26. The van der Waals surface area contributed by atoms with Crippen LogP contribution in [0.15, 0.2) is 24.4 Å². The Morgan fingerprint density at radius 1 is 1.44 bits per heavy atom. The summed E-state index contributed by atoms with van der Waals surface area (Å²) < 4.78 is 5.16. The normalized spacial score (nSPS) is 14.6. The maximum Gasteiger partial charge on any atom is 0.230 e. The first-order chi connectivity index (χ1) is 7.74. The minimum atomic E-state index is 0.130. The Labute approximate surface area is 95.3 Å². The molecule has 1 aromatic rings. The second-order valence-electron chi connectivity index (χ2n) is 3.74. The zero-order valence-electron chi connectivity index (χ0n) is 9.56. The van der Waals surface area contributed by atoms with E-state index in [0.29, 0.717) is 13.0 Å². The third-order valence-electron chi connectivity index (χ3n) is 2.79. The van der Waals surface area contributed by atoms with Crippen LogP contribution in [0.3, 0.4) is 0 Å². The number of carbonyl (C=O) groups is 1. The lowest BCUT2D eigenvalue weighted by molar-refractivity contribution is -0.127. The molecule has 1 heterocycles. The molecule has 3 heteroatoms. The molecule has 0 bridgehead atoms. The van der Waals surface area contributed by atoms with E-state index in [0.717, 1.165) is 16.9 Å². The number of ether oxygens (including phenoxy) is 1. The van der Waals surface area contributed by atoms with Crippen LogP contribution in [0.5, 0.6) is 5.75 Å². The zero-order valence-corrected chi connectivity index (χ0v) is 9.56. The summed E-state index contributed by atoms with van der Waals surface area (Å²) in [4.78, 5) is 13.6. The number of carbonyl (C=O) groups excluding carboxylic acids is 1. The molecule has 0 atom stereocenters. The number of amides is 1. The summed E-state index contributed by atoms with van der Waals surface area (Å²) in [7, 11) is 1.63. The molecular formula is C13H15NO2. The number of hydrogen-bond acceptors (Lipinski definition) is 2. The first-order valence-electron chi connectivity index (χ1n) is 5.39. The van der Waals surface area contributed by atoms with Gasteiger partial charge in [-0.1, -0.05) is 6.07 Å². The summed E-state index contributed by atoms with van der Waals surface area (Å²) in [6.45, 7) is 2.68. The van der Waals surface area contributed by atoms with Crippen LogP contribution in [0, 0.1) is 0 Å². The summed E-state index contributed by atoms with van der Waals surface area (Å²) >= 11 is 0. The van der Waals surface area contributed by atoms with Crippen molar-refractivity contribution in [2.75, 3.05) is 13.7 Å². The van der Waals surface area contributed by atoms with Crippen molar-refractivity contribution in [3.63, 3.8) is 0 Å². The highest BCUT2D eigenvalue weighted by Gasteiger charge is 2.15. The van der Waals surface area contributed by atoms with Gasteiger partial charge < -0.3 is 9.64 Å². The standard InChI is InChI=1S/C13H15NO2/c1-3-14-7-6-10-4-5-12(16-2)8-11(10)9-13(14)15/h4-8H,3,9H2,1-2H3. The minimum absolute atomic E-state index is 0.130. The van der Waals surface area contributed by atoms with Gasteiger partial charge in [-0.2, -0.15) is 0 Å². The predicted octanol–water partition coefficient (Wildman–Crippen LogP) is 2.07. The number of benzene rings is 1. The van der Waals surface area contributed by atoms with Gasteiger partial charge in [-0.25, -0.2) is 0 Å². The number of methoxy groups -OCH3 is 1. The van der Waals surface area contributed by atoms with E-state index in [4.69, 9.17) is 4.74 Å². The van der Waals surface area contributed by atoms with Crippen LogP contribution in [0.25, 0.3) is 6.08 Å². The lowest BCUT2D eigenvalue weighted by Gasteiger charge is -2.13. The fraction of sp³-hybridized carbons (Fsp3) is 0.308. The van der Waals surface area contributed by atoms with Crippen LogP contribution >= 0.6 is 0 Å². The summed E-state index contributed by atoms with van der Waals surface area (Å²) in [6, 6.07) is 5.82. The Morgan fingerprint density at radius 3 is 2.94 bits per heavy atom. The highest BCUT2D eigenvalue weighted by molar-refractivity contribution is 5.83. The Morgan fingerprint density at radius 2 is 2.25 bits per heavy atom. The van der Waals surface area contributed by atoms with Crippen LogP contribution in [-0.2, 0) is 11.2 Å². The molecule has 0 fully saturated rings. The van der Waals surface area contributed by atoms with Crippen molar-refractivity contribution in [2.45, 2.75) is 13.3 Å². The average molecular weight is 217 g/mol. The molecule has 0 radical (unpaired) electrons. The van der Waals surface area contributed by atoms with Crippen LogP contribution in [0.1, 0.15) is 18.1 Å². The van der Waals surface area contributed by atoms with E-state index in [1.807, 2.05) is 37.4 Å².